The first-order valence-electron chi connectivity index (χ1n) is 11.2. The molecule has 0 radical (unpaired) electrons. The number of rotatable bonds is 4. The molecule has 0 saturated carbocycles. The van der Waals surface area contributed by atoms with Gasteiger partial charge in [0.1, 0.15) is 5.82 Å². The van der Waals surface area contributed by atoms with Gasteiger partial charge in [0.15, 0.2) is 0 Å². The van der Waals surface area contributed by atoms with Crippen LogP contribution in [0, 0.1) is 6.92 Å². The van der Waals surface area contributed by atoms with Crippen LogP contribution in [0.5, 0.6) is 0 Å². The van der Waals surface area contributed by atoms with E-state index in [4.69, 9.17) is 4.98 Å². The van der Waals surface area contributed by atoms with Crippen LogP contribution in [0.25, 0.3) is 0 Å². The van der Waals surface area contributed by atoms with Crippen molar-refractivity contribution in [1.29, 1.82) is 0 Å². The van der Waals surface area contributed by atoms with E-state index >= 15 is 0 Å². The standard InChI is InChI=1S/C23H29F3N6O/c1-17-15-20(30-9-7-29(2)8-10-30)28-22(27-17)32-13-11-31(12-14-32)21(33)16-18-3-5-19(6-4-18)23(24,25)26/h3-6,15H,7-14,16H2,1-2H3. The lowest BCUT2D eigenvalue weighted by molar-refractivity contribution is -0.137. The van der Waals surface area contributed by atoms with Crippen molar-refractivity contribution in [3.05, 3.63) is 47.2 Å². The van der Waals surface area contributed by atoms with E-state index in [1.165, 1.54) is 12.1 Å². The van der Waals surface area contributed by atoms with Crippen LogP contribution in [0.4, 0.5) is 24.9 Å². The van der Waals surface area contributed by atoms with Crippen molar-refractivity contribution < 1.29 is 18.0 Å². The lowest BCUT2D eigenvalue weighted by Crippen LogP contribution is -2.50. The van der Waals surface area contributed by atoms with Crippen LogP contribution in [-0.2, 0) is 17.4 Å². The Hall–Kier alpha value is -2.88. The molecular weight excluding hydrogens is 433 g/mol. The summed E-state index contributed by atoms with van der Waals surface area (Å²) < 4.78 is 38.2. The van der Waals surface area contributed by atoms with E-state index < -0.39 is 11.7 Å². The molecule has 2 aliphatic rings. The predicted molar refractivity (Wildman–Crippen MR) is 120 cm³/mol. The minimum atomic E-state index is -4.37. The second-order valence-electron chi connectivity index (χ2n) is 8.70. The highest BCUT2D eigenvalue weighted by atomic mass is 19.4. The third-order valence-electron chi connectivity index (χ3n) is 6.21. The quantitative estimate of drug-likeness (QED) is 0.696. The molecule has 0 spiro atoms. The number of piperazine rings is 2. The molecule has 3 heterocycles. The molecule has 0 aliphatic carbocycles. The number of alkyl halides is 3. The first-order chi connectivity index (χ1) is 15.7. The molecule has 178 valence electrons. The van der Waals surface area contributed by atoms with Crippen molar-refractivity contribution in [3.63, 3.8) is 0 Å². The number of halogens is 3. The van der Waals surface area contributed by atoms with Crippen molar-refractivity contribution in [2.75, 3.05) is 69.2 Å². The van der Waals surface area contributed by atoms with Gasteiger partial charge in [-0.2, -0.15) is 18.2 Å². The van der Waals surface area contributed by atoms with Gasteiger partial charge < -0.3 is 19.6 Å². The fourth-order valence-electron chi connectivity index (χ4n) is 4.13. The van der Waals surface area contributed by atoms with Gasteiger partial charge >= 0.3 is 6.18 Å². The molecule has 33 heavy (non-hydrogen) atoms. The zero-order chi connectivity index (χ0) is 23.6. The first-order valence-corrected chi connectivity index (χ1v) is 11.2. The number of carbonyl (C=O) groups excluding carboxylic acids is 1. The van der Waals surface area contributed by atoms with Crippen molar-refractivity contribution >= 4 is 17.7 Å². The number of nitrogens with zero attached hydrogens (tertiary/aromatic N) is 6. The Labute approximate surface area is 191 Å². The molecule has 2 aromatic rings. The summed E-state index contributed by atoms with van der Waals surface area (Å²) >= 11 is 0. The van der Waals surface area contributed by atoms with Gasteiger partial charge in [0, 0.05) is 64.1 Å². The summed E-state index contributed by atoms with van der Waals surface area (Å²) in [6, 6.07) is 6.80. The Kier molecular flexibility index (Phi) is 6.73. The topological polar surface area (TPSA) is 55.8 Å². The lowest BCUT2D eigenvalue weighted by Gasteiger charge is -2.36. The molecule has 0 N–H and O–H groups in total. The average Bonchev–Trinajstić information content (AvgIpc) is 2.79. The van der Waals surface area contributed by atoms with Crippen LogP contribution in [0.1, 0.15) is 16.8 Å². The second-order valence-corrected chi connectivity index (χ2v) is 8.70. The van der Waals surface area contributed by atoms with Crippen LogP contribution < -0.4 is 9.80 Å². The normalized spacial score (nSPS) is 18.0. The van der Waals surface area contributed by atoms with Crippen molar-refractivity contribution in [2.24, 2.45) is 0 Å². The summed E-state index contributed by atoms with van der Waals surface area (Å²) in [5.74, 6) is 1.53. The molecular formula is C23H29F3N6O. The van der Waals surface area contributed by atoms with E-state index in [9.17, 15) is 18.0 Å². The van der Waals surface area contributed by atoms with Crippen LogP contribution in [0.15, 0.2) is 30.3 Å². The second kappa shape index (κ2) is 9.54. The summed E-state index contributed by atoms with van der Waals surface area (Å²) in [6.07, 6.45) is -4.28. The van der Waals surface area contributed by atoms with E-state index in [1.54, 1.807) is 4.90 Å². The maximum atomic E-state index is 12.7. The molecule has 2 aliphatic heterocycles. The summed E-state index contributed by atoms with van der Waals surface area (Å²) in [6.45, 7) is 8.11. The minimum Gasteiger partial charge on any atom is -0.354 e. The van der Waals surface area contributed by atoms with Gasteiger partial charge in [-0.05, 0) is 31.7 Å². The lowest BCUT2D eigenvalue weighted by atomic mass is 10.1. The van der Waals surface area contributed by atoms with Crippen LogP contribution >= 0.6 is 0 Å². The van der Waals surface area contributed by atoms with E-state index in [2.05, 4.69) is 26.7 Å². The zero-order valence-electron chi connectivity index (χ0n) is 19.0. The maximum Gasteiger partial charge on any atom is 0.416 e. The third kappa shape index (κ3) is 5.73. The number of benzene rings is 1. The molecule has 1 aromatic carbocycles. The van der Waals surface area contributed by atoms with Gasteiger partial charge in [-0.25, -0.2) is 4.98 Å². The Morgan fingerprint density at radius 1 is 0.909 bits per heavy atom. The number of hydrogen-bond donors (Lipinski definition) is 0. The number of hydrogen-bond acceptors (Lipinski definition) is 6. The monoisotopic (exact) mass is 462 g/mol. The van der Waals surface area contributed by atoms with Gasteiger partial charge in [-0.15, -0.1) is 0 Å². The number of aromatic nitrogens is 2. The number of likely N-dealkylation sites (N-methyl/N-ethyl adjacent to an activating group) is 1. The van der Waals surface area contributed by atoms with Crippen LogP contribution in [0.3, 0.4) is 0 Å². The Bertz CT molecular complexity index is 965. The van der Waals surface area contributed by atoms with Gasteiger partial charge in [-0.3, -0.25) is 4.79 Å². The van der Waals surface area contributed by atoms with Crippen molar-refractivity contribution in [2.45, 2.75) is 19.5 Å². The van der Waals surface area contributed by atoms with E-state index in [0.29, 0.717) is 37.7 Å². The van der Waals surface area contributed by atoms with Crippen LogP contribution in [-0.4, -0.2) is 85.1 Å². The molecule has 0 atom stereocenters. The van der Waals surface area contributed by atoms with Gasteiger partial charge in [0.2, 0.25) is 11.9 Å². The van der Waals surface area contributed by atoms with E-state index in [0.717, 1.165) is 49.8 Å². The maximum absolute atomic E-state index is 12.7. The molecule has 4 rings (SSSR count). The molecule has 2 saturated heterocycles. The largest absolute Gasteiger partial charge is 0.416 e. The first kappa shape index (κ1) is 23.3. The predicted octanol–water partition coefficient (Wildman–Crippen LogP) is 2.45. The minimum absolute atomic E-state index is 0.0855. The highest BCUT2D eigenvalue weighted by Gasteiger charge is 2.30. The Morgan fingerprint density at radius 2 is 1.52 bits per heavy atom. The molecule has 10 heteroatoms. The fourth-order valence-corrected chi connectivity index (χ4v) is 4.13. The molecule has 0 unspecified atom stereocenters. The molecule has 0 bridgehead atoms. The number of amides is 1. The van der Waals surface area contributed by atoms with Crippen LogP contribution in [0.2, 0.25) is 0 Å². The summed E-state index contributed by atoms with van der Waals surface area (Å²) in [5.41, 5.74) is 0.783. The van der Waals surface area contributed by atoms with Gasteiger partial charge in [-0.1, -0.05) is 12.1 Å². The smallest absolute Gasteiger partial charge is 0.354 e. The summed E-state index contributed by atoms with van der Waals surface area (Å²) in [7, 11) is 2.12. The fraction of sp³-hybridized carbons (Fsp3) is 0.522. The third-order valence-corrected chi connectivity index (χ3v) is 6.21. The van der Waals surface area contributed by atoms with Gasteiger partial charge in [0.25, 0.3) is 0 Å². The zero-order valence-corrected chi connectivity index (χ0v) is 19.0. The van der Waals surface area contributed by atoms with E-state index in [1.807, 2.05) is 13.0 Å². The molecule has 7 nitrogen and oxygen atoms in total. The molecule has 1 aromatic heterocycles. The SMILES string of the molecule is Cc1cc(N2CCN(C)CC2)nc(N2CCN(C(=O)Cc3ccc(C(F)(F)F)cc3)CC2)n1. The molecule has 2 fully saturated rings. The van der Waals surface area contributed by atoms with E-state index in [-0.39, 0.29) is 12.3 Å². The van der Waals surface area contributed by atoms with Crippen molar-refractivity contribution in [1.82, 2.24) is 19.8 Å². The average molecular weight is 463 g/mol. The molecule has 1 amide bonds. The van der Waals surface area contributed by atoms with Gasteiger partial charge in [0.05, 0.1) is 12.0 Å². The number of carbonyl (C=O) groups is 1. The van der Waals surface area contributed by atoms with Crippen molar-refractivity contribution in [3.8, 4) is 0 Å². The highest BCUT2D eigenvalue weighted by Crippen LogP contribution is 2.29. The number of aryl methyl sites for hydroxylation is 1. The Balaban J connectivity index is 1.34. The Morgan fingerprint density at radius 3 is 2.12 bits per heavy atom. The highest BCUT2D eigenvalue weighted by molar-refractivity contribution is 5.79. The number of anilines is 2. The summed E-state index contributed by atoms with van der Waals surface area (Å²) in [4.78, 5) is 30.5. The summed E-state index contributed by atoms with van der Waals surface area (Å²) in [5, 5.41) is 0.